The molecular formula is C21H17FNO+. The van der Waals surface area contributed by atoms with E-state index in [4.69, 9.17) is 0 Å². The fraction of sp³-hybridized carbons (Fsp3) is 0.0476. The summed E-state index contributed by atoms with van der Waals surface area (Å²) >= 11 is 0. The van der Waals surface area contributed by atoms with Crippen molar-refractivity contribution in [3.05, 3.63) is 108 Å². The Morgan fingerprint density at radius 2 is 1.62 bits per heavy atom. The Bertz CT molecular complexity index is 855. The Balaban J connectivity index is 1.72. The molecular weight excluding hydrogens is 301 g/mol. The molecule has 0 aliphatic rings. The number of hydrogen-bond acceptors (Lipinski definition) is 1. The molecule has 0 radical (unpaired) electrons. The molecule has 0 N–H and O–H groups in total. The van der Waals surface area contributed by atoms with Crippen LogP contribution in [0.3, 0.4) is 0 Å². The fourth-order valence-corrected chi connectivity index (χ4v) is 2.44. The fourth-order valence-electron chi connectivity index (χ4n) is 2.44. The van der Waals surface area contributed by atoms with Crippen LogP contribution in [0.2, 0.25) is 0 Å². The number of carbonyl (C=O) groups is 1. The van der Waals surface area contributed by atoms with Crippen LogP contribution in [0, 0.1) is 5.82 Å². The number of pyridine rings is 1. The van der Waals surface area contributed by atoms with Crippen molar-refractivity contribution in [2.75, 3.05) is 0 Å². The predicted octanol–water partition coefficient (Wildman–Crippen LogP) is 4.06. The van der Waals surface area contributed by atoms with E-state index in [1.54, 1.807) is 6.20 Å². The summed E-state index contributed by atoms with van der Waals surface area (Å²) in [7, 11) is 0. The molecule has 0 amide bonds. The zero-order chi connectivity index (χ0) is 16.8. The summed E-state index contributed by atoms with van der Waals surface area (Å²) in [5.74, 6) is -0.505. The molecule has 0 spiro atoms. The second kappa shape index (κ2) is 7.47. The number of ketones is 1. The SMILES string of the molecule is O=C(/C=C/[n+]1cccc(Cc2ccccc2)c1)c1ccc(F)cc1. The molecule has 0 saturated carbocycles. The maximum atomic E-state index is 12.9. The molecule has 2 aromatic carbocycles. The van der Waals surface area contributed by atoms with Gasteiger partial charge in [0.1, 0.15) is 5.82 Å². The molecule has 3 heteroatoms. The summed E-state index contributed by atoms with van der Waals surface area (Å²) in [5.41, 5.74) is 2.86. The van der Waals surface area contributed by atoms with Crippen LogP contribution < -0.4 is 4.57 Å². The van der Waals surface area contributed by atoms with Gasteiger partial charge < -0.3 is 0 Å². The summed E-state index contributed by atoms with van der Waals surface area (Å²) in [6.45, 7) is 0. The van der Waals surface area contributed by atoms with Gasteiger partial charge in [-0.15, -0.1) is 0 Å². The minimum absolute atomic E-state index is 0.157. The molecule has 0 unspecified atom stereocenters. The molecule has 3 aromatic rings. The van der Waals surface area contributed by atoms with E-state index < -0.39 is 0 Å². The van der Waals surface area contributed by atoms with Crippen LogP contribution in [0.4, 0.5) is 4.39 Å². The van der Waals surface area contributed by atoms with Gasteiger partial charge in [0.15, 0.2) is 24.4 Å². The van der Waals surface area contributed by atoms with Crippen molar-refractivity contribution in [2.45, 2.75) is 6.42 Å². The molecule has 1 heterocycles. The van der Waals surface area contributed by atoms with E-state index in [0.29, 0.717) is 5.56 Å². The van der Waals surface area contributed by atoms with Gasteiger partial charge in [0.2, 0.25) is 0 Å². The summed E-state index contributed by atoms with van der Waals surface area (Å²) < 4.78 is 14.7. The highest BCUT2D eigenvalue weighted by Crippen LogP contribution is 2.07. The molecule has 1 aromatic heterocycles. The van der Waals surface area contributed by atoms with Crippen LogP contribution in [0.5, 0.6) is 0 Å². The van der Waals surface area contributed by atoms with Gasteiger partial charge in [0.25, 0.3) is 0 Å². The smallest absolute Gasteiger partial charge is 0.191 e. The highest BCUT2D eigenvalue weighted by Gasteiger charge is 2.05. The third-order valence-electron chi connectivity index (χ3n) is 3.66. The van der Waals surface area contributed by atoms with E-state index in [1.165, 1.54) is 35.9 Å². The molecule has 118 valence electrons. The monoisotopic (exact) mass is 318 g/mol. The van der Waals surface area contributed by atoms with Gasteiger partial charge in [-0.05, 0) is 35.9 Å². The van der Waals surface area contributed by atoms with Gasteiger partial charge in [-0.25, -0.2) is 4.39 Å². The van der Waals surface area contributed by atoms with Gasteiger partial charge in [0, 0.05) is 23.6 Å². The van der Waals surface area contributed by atoms with E-state index in [9.17, 15) is 9.18 Å². The normalized spacial score (nSPS) is 10.9. The number of carbonyl (C=O) groups excluding carboxylic acids is 1. The number of nitrogens with zero attached hydrogens (tertiary/aromatic N) is 1. The summed E-state index contributed by atoms with van der Waals surface area (Å²) in [6, 6.07) is 19.8. The Morgan fingerprint density at radius 1 is 0.917 bits per heavy atom. The Kier molecular flexibility index (Phi) is 4.92. The lowest BCUT2D eigenvalue weighted by Gasteiger charge is -1.99. The number of allylic oxidation sites excluding steroid dienone is 1. The molecule has 24 heavy (non-hydrogen) atoms. The number of rotatable bonds is 5. The molecule has 3 rings (SSSR count). The van der Waals surface area contributed by atoms with Crippen molar-refractivity contribution in [1.82, 2.24) is 0 Å². The van der Waals surface area contributed by atoms with Crippen LogP contribution in [0.1, 0.15) is 21.5 Å². The van der Waals surface area contributed by atoms with E-state index in [2.05, 4.69) is 18.2 Å². The molecule has 0 aliphatic carbocycles. The minimum atomic E-state index is -0.349. The average Bonchev–Trinajstić information content (AvgIpc) is 2.61. The Hall–Kier alpha value is -3.07. The maximum absolute atomic E-state index is 12.9. The predicted molar refractivity (Wildman–Crippen MR) is 91.9 cm³/mol. The highest BCUT2D eigenvalue weighted by molar-refractivity contribution is 6.05. The highest BCUT2D eigenvalue weighted by atomic mass is 19.1. The zero-order valence-electron chi connectivity index (χ0n) is 13.1. The lowest BCUT2D eigenvalue weighted by atomic mass is 10.1. The van der Waals surface area contributed by atoms with E-state index in [1.807, 2.05) is 41.2 Å². The topological polar surface area (TPSA) is 20.9 Å². The molecule has 0 bridgehead atoms. The minimum Gasteiger partial charge on any atom is -0.289 e. The van der Waals surface area contributed by atoms with Gasteiger partial charge in [-0.3, -0.25) is 4.79 Å². The molecule has 0 saturated heterocycles. The van der Waals surface area contributed by atoms with Crippen molar-refractivity contribution in [1.29, 1.82) is 0 Å². The second-order valence-electron chi connectivity index (χ2n) is 5.51. The first-order chi connectivity index (χ1) is 11.7. The Morgan fingerprint density at radius 3 is 2.38 bits per heavy atom. The lowest BCUT2D eigenvalue weighted by Crippen LogP contribution is -2.25. The van der Waals surface area contributed by atoms with Crippen LogP contribution in [-0.2, 0) is 6.42 Å². The van der Waals surface area contributed by atoms with E-state index in [-0.39, 0.29) is 11.6 Å². The van der Waals surface area contributed by atoms with Gasteiger partial charge in [-0.1, -0.05) is 30.3 Å². The first-order valence-electron chi connectivity index (χ1n) is 7.72. The summed E-state index contributed by atoms with van der Waals surface area (Å²) in [6.07, 6.45) is 7.89. The van der Waals surface area contributed by atoms with Gasteiger partial charge in [-0.2, -0.15) is 4.57 Å². The standard InChI is InChI=1S/C21H17FNO/c22-20-10-8-19(9-11-20)21(24)12-14-23-13-4-7-18(16-23)15-17-5-2-1-3-6-17/h1-14,16H,15H2/q+1/b14-12+. The maximum Gasteiger partial charge on any atom is 0.191 e. The van der Waals surface area contributed by atoms with Crippen molar-refractivity contribution < 1.29 is 13.8 Å². The third-order valence-corrected chi connectivity index (χ3v) is 3.66. The number of aromatic nitrogens is 1. The molecule has 0 aliphatic heterocycles. The van der Waals surface area contributed by atoms with Crippen molar-refractivity contribution >= 4 is 12.0 Å². The Labute approximate surface area is 140 Å². The van der Waals surface area contributed by atoms with E-state index >= 15 is 0 Å². The first-order valence-corrected chi connectivity index (χ1v) is 7.72. The number of benzene rings is 2. The van der Waals surface area contributed by atoms with Crippen LogP contribution in [-0.4, -0.2) is 5.78 Å². The second-order valence-corrected chi connectivity index (χ2v) is 5.51. The lowest BCUT2D eigenvalue weighted by molar-refractivity contribution is -0.568. The number of halogens is 1. The molecule has 0 fully saturated rings. The summed E-state index contributed by atoms with van der Waals surface area (Å²) in [5, 5.41) is 0. The molecule has 0 atom stereocenters. The third kappa shape index (κ3) is 4.23. The zero-order valence-corrected chi connectivity index (χ0v) is 13.1. The van der Waals surface area contributed by atoms with Crippen LogP contribution in [0.15, 0.2) is 85.2 Å². The molecule has 2 nitrogen and oxygen atoms in total. The largest absolute Gasteiger partial charge is 0.289 e. The van der Waals surface area contributed by atoms with E-state index in [0.717, 1.165) is 12.0 Å². The van der Waals surface area contributed by atoms with Crippen LogP contribution >= 0.6 is 0 Å². The van der Waals surface area contributed by atoms with Crippen molar-refractivity contribution in [3.63, 3.8) is 0 Å². The van der Waals surface area contributed by atoms with Gasteiger partial charge in [0.05, 0.1) is 6.08 Å². The first kappa shape index (κ1) is 15.8. The quantitative estimate of drug-likeness (QED) is 0.395. The average molecular weight is 318 g/mol. The van der Waals surface area contributed by atoms with Crippen LogP contribution in [0.25, 0.3) is 6.20 Å². The van der Waals surface area contributed by atoms with Crippen molar-refractivity contribution in [2.24, 2.45) is 0 Å². The van der Waals surface area contributed by atoms with Crippen molar-refractivity contribution in [3.8, 4) is 0 Å². The summed E-state index contributed by atoms with van der Waals surface area (Å²) in [4.78, 5) is 12.1. The van der Waals surface area contributed by atoms with Gasteiger partial charge >= 0.3 is 0 Å². The number of hydrogen-bond donors (Lipinski definition) is 0.